The summed E-state index contributed by atoms with van der Waals surface area (Å²) < 4.78 is 11.3. The molecular formula is C8H12NO5P. The third-order valence-electron chi connectivity index (χ3n) is 1.71. The van der Waals surface area contributed by atoms with Crippen molar-refractivity contribution in [2.24, 2.45) is 0 Å². The third kappa shape index (κ3) is 3.47. The Morgan fingerprint density at radius 2 is 1.80 bits per heavy atom. The minimum atomic E-state index is -2.54. The predicted octanol–water partition coefficient (Wildman–Crippen LogP) is 0.216. The maximum absolute atomic E-state index is 11.3. The van der Waals surface area contributed by atoms with Gasteiger partial charge >= 0.3 is 5.97 Å². The highest BCUT2D eigenvalue weighted by molar-refractivity contribution is 7.63. The highest BCUT2D eigenvalue weighted by Gasteiger charge is 2.33. The number of amides is 2. The lowest BCUT2D eigenvalue weighted by molar-refractivity contribution is -0.195. The molecule has 0 unspecified atom stereocenters. The highest BCUT2D eigenvalue weighted by Crippen LogP contribution is 2.35. The van der Waals surface area contributed by atoms with Gasteiger partial charge in [0.15, 0.2) is 0 Å². The van der Waals surface area contributed by atoms with E-state index in [9.17, 15) is 18.9 Å². The summed E-state index contributed by atoms with van der Waals surface area (Å²) >= 11 is 0. The second-order valence-electron chi connectivity index (χ2n) is 3.78. The SMILES string of the molecule is C[32P](C)(=O)CC(=O)ON1C(=O)CCC1=O. The lowest BCUT2D eigenvalue weighted by Crippen LogP contribution is -2.33. The molecule has 0 aromatic rings. The van der Waals surface area contributed by atoms with Crippen LogP contribution in [0, 0.1) is 0 Å². The maximum Gasteiger partial charge on any atom is 0.340 e. The average Bonchev–Trinajstić information content (AvgIpc) is 2.32. The molecule has 1 aliphatic rings. The molecule has 0 aliphatic carbocycles. The summed E-state index contributed by atoms with van der Waals surface area (Å²) in [6.07, 6.45) is -0.159. The minimum absolute atomic E-state index is 0.0576. The molecule has 0 N–H and O–H groups in total. The first-order valence-electron chi connectivity index (χ1n) is 4.40. The number of hydrogen-bond donors (Lipinski definition) is 0. The highest BCUT2D eigenvalue weighted by atomic mass is 32.2. The van der Waals surface area contributed by atoms with E-state index in [-0.39, 0.29) is 19.0 Å². The maximum atomic E-state index is 11.3. The zero-order valence-electron chi connectivity index (χ0n) is 8.56. The van der Waals surface area contributed by atoms with Gasteiger partial charge in [-0.25, -0.2) is 4.79 Å². The smallest absolute Gasteiger partial charge is 0.330 e. The molecule has 0 aromatic carbocycles. The number of carbonyl (C=O) groups is 3. The van der Waals surface area contributed by atoms with Crippen molar-refractivity contribution in [2.75, 3.05) is 19.5 Å². The second kappa shape index (κ2) is 4.14. The van der Waals surface area contributed by atoms with Gasteiger partial charge in [-0.1, -0.05) is 0 Å². The lowest BCUT2D eigenvalue weighted by atomic mass is 10.4. The van der Waals surface area contributed by atoms with Crippen molar-refractivity contribution in [1.82, 2.24) is 5.06 Å². The van der Waals surface area contributed by atoms with Gasteiger partial charge in [-0.15, -0.1) is 5.06 Å². The first kappa shape index (κ1) is 11.9. The predicted molar refractivity (Wildman–Crippen MR) is 51.5 cm³/mol. The summed E-state index contributed by atoms with van der Waals surface area (Å²) in [5.41, 5.74) is 0. The van der Waals surface area contributed by atoms with Crippen LogP contribution in [-0.2, 0) is 23.8 Å². The minimum Gasteiger partial charge on any atom is -0.330 e. The van der Waals surface area contributed by atoms with Gasteiger partial charge in [0.1, 0.15) is 6.16 Å². The van der Waals surface area contributed by atoms with Crippen LogP contribution in [0.3, 0.4) is 0 Å². The van der Waals surface area contributed by atoms with Crippen LogP contribution in [0.2, 0.25) is 0 Å². The fourth-order valence-electron chi connectivity index (χ4n) is 1.10. The molecule has 0 atom stereocenters. The van der Waals surface area contributed by atoms with Gasteiger partial charge < -0.3 is 9.40 Å². The summed E-state index contributed by atoms with van der Waals surface area (Å²) in [7, 11) is -2.54. The molecule has 7 heteroatoms. The van der Waals surface area contributed by atoms with Gasteiger partial charge in [0.2, 0.25) is 0 Å². The first-order chi connectivity index (χ1) is 6.79. The molecule has 1 fully saturated rings. The van der Waals surface area contributed by atoms with Gasteiger partial charge in [-0.3, -0.25) is 9.59 Å². The Kier molecular flexibility index (Phi) is 3.29. The number of hydroxylamine groups is 2. The Hall–Kier alpha value is -1.16. The van der Waals surface area contributed by atoms with Crippen LogP contribution in [-0.4, -0.2) is 42.3 Å². The van der Waals surface area contributed by atoms with Crippen molar-refractivity contribution < 1.29 is 23.8 Å². The van der Waals surface area contributed by atoms with E-state index in [4.69, 9.17) is 0 Å². The van der Waals surface area contributed by atoms with Crippen molar-refractivity contribution >= 4 is 24.9 Å². The molecular weight excluding hydrogens is 222 g/mol. The Bertz CT molecular complexity index is 342. The quantitative estimate of drug-likeness (QED) is 0.515. The van der Waals surface area contributed by atoms with E-state index in [1.54, 1.807) is 0 Å². The van der Waals surface area contributed by atoms with Crippen LogP contribution in [0.4, 0.5) is 0 Å². The van der Waals surface area contributed by atoms with E-state index in [0.29, 0.717) is 5.06 Å². The van der Waals surface area contributed by atoms with Crippen LogP contribution in [0.1, 0.15) is 12.8 Å². The van der Waals surface area contributed by atoms with Crippen LogP contribution < -0.4 is 0 Å². The van der Waals surface area contributed by atoms with E-state index in [0.717, 1.165) is 0 Å². The molecule has 6 nitrogen and oxygen atoms in total. The molecule has 0 saturated carbocycles. The molecule has 0 spiro atoms. The summed E-state index contributed by atoms with van der Waals surface area (Å²) in [5, 5.41) is 0.456. The number of rotatable bonds is 3. The molecule has 0 bridgehead atoms. The average molecular weight is 234 g/mol. The van der Waals surface area contributed by atoms with Gasteiger partial charge in [0.25, 0.3) is 11.8 Å². The Morgan fingerprint density at radius 3 is 2.20 bits per heavy atom. The monoisotopic (exact) mass is 234 g/mol. The fraction of sp³-hybridized carbons (Fsp3) is 0.625. The number of nitrogens with zero attached hydrogens (tertiary/aromatic N) is 1. The third-order valence-corrected chi connectivity index (χ3v) is 2.73. The van der Waals surface area contributed by atoms with Crippen molar-refractivity contribution in [3.05, 3.63) is 0 Å². The Balaban J connectivity index is 2.55. The molecule has 1 heterocycles. The molecule has 84 valence electrons. The second-order valence-corrected chi connectivity index (χ2v) is 7.24. The van der Waals surface area contributed by atoms with Crippen LogP contribution >= 0.6 is 7.14 Å². The zero-order valence-corrected chi connectivity index (χ0v) is 9.45. The standard InChI is InChI=1S/C8H12NO5P/c1-15(2,13)5-8(12)14-9-6(10)3-4-7(9)11/h3-5H2,1-2H3/i15+1. The molecule has 1 rings (SSSR count). The summed E-state index contributed by atoms with van der Waals surface area (Å²) in [4.78, 5) is 37.8. The Morgan fingerprint density at radius 1 is 1.33 bits per heavy atom. The van der Waals surface area contributed by atoms with E-state index in [1.807, 2.05) is 0 Å². The summed E-state index contributed by atoms with van der Waals surface area (Å²) in [6.45, 7) is 2.86. The summed E-state index contributed by atoms with van der Waals surface area (Å²) in [6, 6.07) is 0. The van der Waals surface area contributed by atoms with E-state index in [2.05, 4.69) is 4.84 Å². The van der Waals surface area contributed by atoms with Crippen molar-refractivity contribution in [3.8, 4) is 0 Å². The van der Waals surface area contributed by atoms with Crippen LogP contribution in [0.25, 0.3) is 0 Å². The molecule has 0 radical (unpaired) electrons. The molecule has 1 aliphatic heterocycles. The van der Waals surface area contributed by atoms with Crippen LogP contribution in [0.15, 0.2) is 0 Å². The summed E-state index contributed by atoms with van der Waals surface area (Å²) in [5.74, 6) is -1.88. The molecule has 1 saturated heterocycles. The lowest BCUT2D eigenvalue weighted by Gasteiger charge is -2.13. The Labute approximate surface area is 86.9 Å². The van der Waals surface area contributed by atoms with Crippen molar-refractivity contribution in [3.63, 3.8) is 0 Å². The fourth-order valence-corrected chi connectivity index (χ4v) is 1.78. The van der Waals surface area contributed by atoms with Crippen LogP contribution in [0.5, 0.6) is 0 Å². The van der Waals surface area contributed by atoms with Gasteiger partial charge in [-0.2, -0.15) is 0 Å². The van der Waals surface area contributed by atoms with Crippen molar-refractivity contribution in [2.45, 2.75) is 12.8 Å². The number of carbonyl (C=O) groups excluding carboxylic acids is 3. The van der Waals surface area contributed by atoms with E-state index < -0.39 is 24.9 Å². The van der Waals surface area contributed by atoms with Gasteiger partial charge in [0.05, 0.1) is 7.14 Å². The first-order valence-corrected chi connectivity index (χ1v) is 7.19. The van der Waals surface area contributed by atoms with E-state index in [1.165, 1.54) is 13.3 Å². The topological polar surface area (TPSA) is 80.8 Å². The van der Waals surface area contributed by atoms with Gasteiger partial charge in [0, 0.05) is 12.8 Å². The normalized spacial score (nSPS) is 17.1. The molecule has 15 heavy (non-hydrogen) atoms. The van der Waals surface area contributed by atoms with E-state index >= 15 is 0 Å². The zero-order chi connectivity index (χ0) is 11.6. The van der Waals surface area contributed by atoms with Gasteiger partial charge in [-0.05, 0) is 13.3 Å². The largest absolute Gasteiger partial charge is 0.340 e. The van der Waals surface area contributed by atoms with Crippen molar-refractivity contribution in [1.29, 1.82) is 0 Å². The molecule has 0 aromatic heterocycles. The number of hydrogen-bond acceptors (Lipinski definition) is 5. The molecule has 2 amide bonds. The number of imide groups is 1.